The Morgan fingerprint density at radius 3 is 2.56 bits per heavy atom. The molecule has 1 N–H and O–H groups in total. The van der Waals surface area contributed by atoms with Gasteiger partial charge in [-0.25, -0.2) is 0 Å². The lowest BCUT2D eigenvalue weighted by Gasteiger charge is -2.12. The Kier molecular flexibility index (Phi) is 7.08. The minimum Gasteiger partial charge on any atom is -0.493 e. The molecule has 0 aliphatic heterocycles. The van der Waals surface area contributed by atoms with Gasteiger partial charge in [-0.05, 0) is 48.2 Å². The molecule has 0 saturated heterocycles. The lowest BCUT2D eigenvalue weighted by molar-refractivity contribution is -0.111. The Morgan fingerprint density at radius 2 is 1.88 bits per heavy atom. The van der Waals surface area contributed by atoms with E-state index in [4.69, 9.17) is 9.47 Å². The van der Waals surface area contributed by atoms with Crippen LogP contribution in [0.3, 0.4) is 0 Å². The number of hydrogen-bond donors (Lipinski definition) is 1. The van der Waals surface area contributed by atoms with Crippen LogP contribution in [0.15, 0.2) is 54.6 Å². The SMILES string of the molecule is COc1cc(/C=C/C(=O)Nc2ccccc2)ccc1OCCC(C)C. The number of hydrogen-bond acceptors (Lipinski definition) is 3. The lowest BCUT2D eigenvalue weighted by atomic mass is 10.1. The molecule has 0 unspecified atom stereocenters. The maximum absolute atomic E-state index is 12.0. The molecule has 0 aliphatic rings. The van der Waals surface area contributed by atoms with E-state index < -0.39 is 0 Å². The Balaban J connectivity index is 1.98. The fourth-order valence-corrected chi connectivity index (χ4v) is 2.19. The van der Waals surface area contributed by atoms with E-state index in [1.54, 1.807) is 13.2 Å². The van der Waals surface area contributed by atoms with Gasteiger partial charge in [-0.3, -0.25) is 4.79 Å². The molecule has 0 aliphatic carbocycles. The Morgan fingerprint density at radius 1 is 1.12 bits per heavy atom. The molecule has 25 heavy (non-hydrogen) atoms. The molecule has 0 spiro atoms. The summed E-state index contributed by atoms with van der Waals surface area (Å²) < 4.78 is 11.2. The number of amides is 1. The summed E-state index contributed by atoms with van der Waals surface area (Å²) in [6.45, 7) is 4.98. The topological polar surface area (TPSA) is 47.6 Å². The van der Waals surface area contributed by atoms with E-state index in [2.05, 4.69) is 19.2 Å². The van der Waals surface area contributed by atoms with Gasteiger partial charge in [0.2, 0.25) is 5.91 Å². The number of rotatable bonds is 8. The van der Waals surface area contributed by atoms with Crippen LogP contribution in [0.1, 0.15) is 25.8 Å². The molecular formula is C21H25NO3. The van der Waals surface area contributed by atoms with Crippen LogP contribution in [0, 0.1) is 5.92 Å². The molecule has 0 heterocycles. The van der Waals surface area contributed by atoms with Crippen molar-refractivity contribution >= 4 is 17.7 Å². The average molecular weight is 339 g/mol. The summed E-state index contributed by atoms with van der Waals surface area (Å²) in [5.41, 5.74) is 1.64. The van der Waals surface area contributed by atoms with Crippen molar-refractivity contribution in [1.29, 1.82) is 0 Å². The Hall–Kier alpha value is -2.75. The van der Waals surface area contributed by atoms with Gasteiger partial charge in [0.15, 0.2) is 11.5 Å². The van der Waals surface area contributed by atoms with Crippen molar-refractivity contribution < 1.29 is 14.3 Å². The van der Waals surface area contributed by atoms with E-state index >= 15 is 0 Å². The van der Waals surface area contributed by atoms with Crippen molar-refractivity contribution in [3.63, 3.8) is 0 Å². The lowest BCUT2D eigenvalue weighted by Crippen LogP contribution is -2.07. The first kappa shape index (κ1) is 18.6. The highest BCUT2D eigenvalue weighted by Gasteiger charge is 2.06. The molecule has 0 fully saturated rings. The number of methoxy groups -OCH3 is 1. The van der Waals surface area contributed by atoms with Crippen LogP contribution in [0.5, 0.6) is 11.5 Å². The van der Waals surface area contributed by atoms with Crippen molar-refractivity contribution in [2.75, 3.05) is 19.0 Å². The molecular weight excluding hydrogens is 314 g/mol. The van der Waals surface area contributed by atoms with Gasteiger partial charge in [-0.15, -0.1) is 0 Å². The molecule has 2 rings (SSSR count). The monoisotopic (exact) mass is 339 g/mol. The van der Waals surface area contributed by atoms with Crippen molar-refractivity contribution in [3.8, 4) is 11.5 Å². The second-order valence-electron chi connectivity index (χ2n) is 6.13. The first-order chi connectivity index (χ1) is 12.1. The van der Waals surface area contributed by atoms with Gasteiger partial charge >= 0.3 is 0 Å². The molecule has 0 radical (unpaired) electrons. The first-order valence-corrected chi connectivity index (χ1v) is 8.43. The largest absolute Gasteiger partial charge is 0.493 e. The number of benzene rings is 2. The van der Waals surface area contributed by atoms with Crippen LogP contribution in [0.4, 0.5) is 5.69 Å². The van der Waals surface area contributed by atoms with Crippen LogP contribution in [0.25, 0.3) is 6.08 Å². The van der Waals surface area contributed by atoms with Crippen molar-refractivity contribution in [1.82, 2.24) is 0 Å². The molecule has 4 heteroatoms. The predicted molar refractivity (Wildman–Crippen MR) is 102 cm³/mol. The smallest absolute Gasteiger partial charge is 0.248 e. The fraction of sp³-hybridized carbons (Fsp3) is 0.286. The van der Waals surface area contributed by atoms with Crippen LogP contribution < -0.4 is 14.8 Å². The zero-order valence-corrected chi connectivity index (χ0v) is 15.0. The van der Waals surface area contributed by atoms with Crippen molar-refractivity contribution in [2.24, 2.45) is 5.92 Å². The number of para-hydroxylation sites is 1. The van der Waals surface area contributed by atoms with E-state index in [9.17, 15) is 4.79 Å². The predicted octanol–water partition coefficient (Wildman–Crippen LogP) is 4.77. The summed E-state index contributed by atoms with van der Waals surface area (Å²) in [5.74, 6) is 1.79. The van der Waals surface area contributed by atoms with E-state index in [-0.39, 0.29) is 5.91 Å². The van der Waals surface area contributed by atoms with Gasteiger partial charge in [-0.1, -0.05) is 38.1 Å². The molecule has 2 aromatic rings. The summed E-state index contributed by atoms with van der Waals surface area (Å²) in [6.07, 6.45) is 4.24. The fourth-order valence-electron chi connectivity index (χ4n) is 2.19. The molecule has 0 saturated carbocycles. The highest BCUT2D eigenvalue weighted by Crippen LogP contribution is 2.29. The minimum absolute atomic E-state index is 0.178. The van der Waals surface area contributed by atoms with E-state index in [1.807, 2.05) is 48.5 Å². The third kappa shape index (κ3) is 6.34. The van der Waals surface area contributed by atoms with E-state index in [0.29, 0.717) is 24.0 Å². The maximum Gasteiger partial charge on any atom is 0.248 e. The number of carbonyl (C=O) groups is 1. The molecule has 1 amide bonds. The second-order valence-corrected chi connectivity index (χ2v) is 6.13. The number of carbonyl (C=O) groups excluding carboxylic acids is 1. The highest BCUT2D eigenvalue weighted by molar-refractivity contribution is 6.01. The molecule has 0 bridgehead atoms. The van der Waals surface area contributed by atoms with E-state index in [1.165, 1.54) is 6.08 Å². The zero-order valence-electron chi connectivity index (χ0n) is 15.0. The van der Waals surface area contributed by atoms with Gasteiger partial charge in [0, 0.05) is 11.8 Å². The standard InChI is InChI=1S/C21H25NO3/c1-16(2)13-14-25-19-11-9-17(15-20(19)24-3)10-12-21(23)22-18-7-5-4-6-8-18/h4-12,15-16H,13-14H2,1-3H3,(H,22,23)/b12-10+. The summed E-state index contributed by atoms with van der Waals surface area (Å²) in [4.78, 5) is 12.0. The van der Waals surface area contributed by atoms with Crippen LogP contribution >= 0.6 is 0 Å². The normalized spacial score (nSPS) is 10.9. The van der Waals surface area contributed by atoms with Crippen molar-refractivity contribution in [2.45, 2.75) is 20.3 Å². The zero-order chi connectivity index (χ0) is 18.1. The average Bonchev–Trinajstić information content (AvgIpc) is 2.61. The molecule has 4 nitrogen and oxygen atoms in total. The second kappa shape index (κ2) is 9.52. The quantitative estimate of drug-likeness (QED) is 0.705. The number of nitrogens with one attached hydrogen (secondary N) is 1. The van der Waals surface area contributed by atoms with Gasteiger partial charge < -0.3 is 14.8 Å². The van der Waals surface area contributed by atoms with Crippen molar-refractivity contribution in [3.05, 3.63) is 60.2 Å². The summed E-state index contributed by atoms with van der Waals surface area (Å²) >= 11 is 0. The summed E-state index contributed by atoms with van der Waals surface area (Å²) in [6, 6.07) is 15.0. The third-order valence-corrected chi connectivity index (χ3v) is 3.61. The van der Waals surface area contributed by atoms with Crippen LogP contribution in [0.2, 0.25) is 0 Å². The van der Waals surface area contributed by atoms with Crippen LogP contribution in [-0.2, 0) is 4.79 Å². The Labute approximate surface area is 149 Å². The van der Waals surface area contributed by atoms with Crippen LogP contribution in [-0.4, -0.2) is 19.6 Å². The molecule has 0 aromatic heterocycles. The summed E-state index contributed by atoms with van der Waals surface area (Å²) in [5, 5.41) is 2.81. The minimum atomic E-state index is -0.178. The number of ether oxygens (including phenoxy) is 2. The Bertz CT molecular complexity index is 708. The highest BCUT2D eigenvalue weighted by atomic mass is 16.5. The molecule has 0 atom stereocenters. The maximum atomic E-state index is 12.0. The molecule has 132 valence electrons. The van der Waals surface area contributed by atoms with Gasteiger partial charge in [0.25, 0.3) is 0 Å². The van der Waals surface area contributed by atoms with Gasteiger partial charge in [0.05, 0.1) is 13.7 Å². The molecule has 2 aromatic carbocycles. The first-order valence-electron chi connectivity index (χ1n) is 8.43. The third-order valence-electron chi connectivity index (χ3n) is 3.61. The van der Waals surface area contributed by atoms with Gasteiger partial charge in [0.1, 0.15) is 0 Å². The number of anilines is 1. The summed E-state index contributed by atoms with van der Waals surface area (Å²) in [7, 11) is 1.61. The van der Waals surface area contributed by atoms with E-state index in [0.717, 1.165) is 17.7 Å². The van der Waals surface area contributed by atoms with Gasteiger partial charge in [-0.2, -0.15) is 0 Å².